The smallest absolute Gasteiger partial charge is 0.294 e. The first-order valence-electron chi connectivity index (χ1n) is 3.09. The second kappa shape index (κ2) is 3.34. The van der Waals surface area contributed by atoms with Crippen LogP contribution in [0.4, 0.5) is 5.69 Å². The number of methoxy groups -OCH3 is 1. The molecule has 11 heavy (non-hydrogen) atoms. The summed E-state index contributed by atoms with van der Waals surface area (Å²) in [4.78, 5) is 6.72. The molecule has 0 atom stereocenters. The van der Waals surface area contributed by atoms with Gasteiger partial charge in [0, 0.05) is 7.05 Å². The molecule has 0 unspecified atom stereocenters. The molecule has 0 bridgehead atoms. The topological polar surface area (TPSA) is 49.9 Å². The molecule has 0 spiro atoms. The second-order valence-corrected chi connectivity index (χ2v) is 2.29. The zero-order valence-corrected chi connectivity index (χ0v) is 7.16. The van der Waals surface area contributed by atoms with Crippen molar-refractivity contribution in [3.8, 4) is 6.01 Å². The monoisotopic (exact) mass is 171 g/mol. The van der Waals surface area contributed by atoms with Crippen LogP contribution < -0.4 is 10.1 Å². The Bertz CT molecular complexity index is 296. The van der Waals surface area contributed by atoms with Crippen molar-refractivity contribution in [2.75, 3.05) is 19.5 Å². The lowest BCUT2D eigenvalue weighted by Gasteiger charge is -2.01. The maximum Gasteiger partial charge on any atom is 0.294 e. The van der Waals surface area contributed by atoms with Gasteiger partial charge < -0.3 is 10.1 Å². The predicted molar refractivity (Wildman–Crippen MR) is 45.5 cm³/mol. The van der Waals surface area contributed by atoms with Crippen molar-refractivity contribution in [3.05, 3.63) is 10.8 Å². The molecule has 1 heterocycles. The van der Waals surface area contributed by atoms with E-state index in [1.165, 1.54) is 7.11 Å². The molecular weight excluding hydrogens is 162 g/mol. The van der Waals surface area contributed by atoms with Crippen molar-refractivity contribution >= 4 is 17.9 Å². The van der Waals surface area contributed by atoms with Crippen LogP contribution in [0.3, 0.4) is 0 Å². The van der Waals surface area contributed by atoms with E-state index in [9.17, 15) is 0 Å². The van der Waals surface area contributed by atoms with Crippen molar-refractivity contribution in [3.63, 3.8) is 0 Å². The zero-order chi connectivity index (χ0) is 8.27. The van der Waals surface area contributed by atoms with Gasteiger partial charge in [-0.1, -0.05) is 12.2 Å². The first-order chi connectivity index (χ1) is 5.27. The predicted octanol–water partition coefficient (Wildman–Crippen LogP) is 1.19. The molecule has 0 fully saturated rings. The molecule has 1 aromatic heterocycles. The summed E-state index contributed by atoms with van der Waals surface area (Å²) in [6.45, 7) is 0. The lowest BCUT2D eigenvalue weighted by molar-refractivity contribution is 0.379. The molecule has 60 valence electrons. The number of aromatic nitrogens is 2. The highest BCUT2D eigenvalue weighted by atomic mass is 32.1. The third kappa shape index (κ3) is 1.68. The molecule has 5 heteroatoms. The van der Waals surface area contributed by atoms with Crippen molar-refractivity contribution < 1.29 is 4.74 Å². The van der Waals surface area contributed by atoms with Gasteiger partial charge in [0.15, 0.2) is 0 Å². The number of rotatable bonds is 2. The molecule has 0 saturated carbocycles. The minimum Gasteiger partial charge on any atom is -0.468 e. The first-order valence-corrected chi connectivity index (χ1v) is 3.50. The molecule has 0 aliphatic carbocycles. The van der Waals surface area contributed by atoms with E-state index in [2.05, 4.69) is 15.3 Å². The summed E-state index contributed by atoms with van der Waals surface area (Å²) in [5.74, 6) is 0. The van der Waals surface area contributed by atoms with Crippen molar-refractivity contribution in [1.82, 2.24) is 9.97 Å². The van der Waals surface area contributed by atoms with E-state index in [4.69, 9.17) is 17.0 Å². The normalized spacial score (nSPS) is 9.27. The molecule has 4 nitrogen and oxygen atoms in total. The van der Waals surface area contributed by atoms with E-state index in [-0.39, 0.29) is 0 Å². The summed E-state index contributed by atoms with van der Waals surface area (Å²) >= 11 is 4.97. The average Bonchev–Trinajstić information content (AvgIpc) is 2.04. The number of hydrogen-bond donors (Lipinski definition) is 2. The summed E-state index contributed by atoms with van der Waals surface area (Å²) in [5, 5.41) is 2.89. The number of nitrogens with one attached hydrogen (secondary N) is 2. The number of nitrogens with zero attached hydrogens (tertiary/aromatic N) is 1. The summed E-state index contributed by atoms with van der Waals surface area (Å²) in [7, 11) is 3.32. The second-order valence-electron chi connectivity index (χ2n) is 1.89. The van der Waals surface area contributed by atoms with Gasteiger partial charge in [0.25, 0.3) is 6.01 Å². The Morgan fingerprint density at radius 2 is 2.45 bits per heavy atom. The lowest BCUT2D eigenvalue weighted by atomic mass is 10.5. The van der Waals surface area contributed by atoms with Crippen molar-refractivity contribution in [2.24, 2.45) is 0 Å². The van der Waals surface area contributed by atoms with Crippen LogP contribution in [-0.4, -0.2) is 24.1 Å². The highest BCUT2D eigenvalue weighted by Crippen LogP contribution is 2.08. The highest BCUT2D eigenvalue weighted by Gasteiger charge is 1.95. The maximum atomic E-state index is 4.97. The van der Waals surface area contributed by atoms with E-state index in [0.29, 0.717) is 10.7 Å². The van der Waals surface area contributed by atoms with Gasteiger partial charge in [-0.3, -0.25) is 4.98 Å². The Morgan fingerprint density at radius 1 is 1.73 bits per heavy atom. The highest BCUT2D eigenvalue weighted by molar-refractivity contribution is 7.71. The number of hydrogen-bond acceptors (Lipinski definition) is 4. The summed E-state index contributed by atoms with van der Waals surface area (Å²) < 4.78 is 5.43. The van der Waals surface area contributed by atoms with Gasteiger partial charge in [-0.2, -0.15) is 0 Å². The fourth-order valence-electron chi connectivity index (χ4n) is 0.660. The summed E-state index contributed by atoms with van der Waals surface area (Å²) in [6.07, 6.45) is 1.62. The maximum absolute atomic E-state index is 4.97. The van der Waals surface area contributed by atoms with Gasteiger partial charge in [-0.05, 0) is 0 Å². The summed E-state index contributed by atoms with van der Waals surface area (Å²) in [5.41, 5.74) is 0.792. The molecule has 1 aromatic rings. The van der Waals surface area contributed by atoms with Crippen LogP contribution in [0.1, 0.15) is 0 Å². The van der Waals surface area contributed by atoms with Crippen LogP contribution in [0.2, 0.25) is 0 Å². The van der Waals surface area contributed by atoms with E-state index >= 15 is 0 Å². The van der Waals surface area contributed by atoms with E-state index in [1.54, 1.807) is 13.2 Å². The molecule has 0 aliphatic rings. The van der Waals surface area contributed by atoms with E-state index < -0.39 is 0 Å². The van der Waals surface area contributed by atoms with Crippen LogP contribution in [0.25, 0.3) is 0 Å². The minimum absolute atomic E-state index is 0.425. The lowest BCUT2D eigenvalue weighted by Crippen LogP contribution is -1.96. The Labute approximate surface area is 69.6 Å². The summed E-state index contributed by atoms with van der Waals surface area (Å²) in [6, 6.07) is 0.425. The zero-order valence-electron chi connectivity index (χ0n) is 6.34. The molecule has 0 aromatic carbocycles. The van der Waals surface area contributed by atoms with Gasteiger partial charge in [0.05, 0.1) is 19.0 Å². The van der Waals surface area contributed by atoms with Crippen LogP contribution in [0, 0.1) is 4.64 Å². The number of aromatic amines is 1. The third-order valence-electron chi connectivity index (χ3n) is 1.24. The first kappa shape index (κ1) is 8.00. The van der Waals surface area contributed by atoms with Gasteiger partial charge in [0.2, 0.25) is 0 Å². The Balaban J connectivity index is 3.10. The Morgan fingerprint density at radius 3 is 2.91 bits per heavy atom. The molecule has 2 N–H and O–H groups in total. The third-order valence-corrected chi connectivity index (χ3v) is 1.56. The standard InChI is InChI=1S/C6H9N3OS/c1-7-4-3-8-6(10-2)9-5(4)11/h3,7H,1-2H3,(H,8,9,11). The molecule has 1 rings (SSSR count). The number of anilines is 1. The van der Waals surface area contributed by atoms with Crippen LogP contribution in [0.5, 0.6) is 6.01 Å². The van der Waals surface area contributed by atoms with Gasteiger partial charge in [-0.15, -0.1) is 0 Å². The van der Waals surface area contributed by atoms with Crippen molar-refractivity contribution in [2.45, 2.75) is 0 Å². The van der Waals surface area contributed by atoms with Gasteiger partial charge in [-0.25, -0.2) is 4.98 Å². The van der Waals surface area contributed by atoms with Crippen LogP contribution in [-0.2, 0) is 0 Å². The van der Waals surface area contributed by atoms with Gasteiger partial charge in [0.1, 0.15) is 4.64 Å². The molecule has 0 radical (unpaired) electrons. The molecule has 0 aliphatic heterocycles. The fourth-order valence-corrected chi connectivity index (χ4v) is 0.902. The molecule has 0 amide bonds. The van der Waals surface area contributed by atoms with Crippen LogP contribution >= 0.6 is 12.2 Å². The Hall–Kier alpha value is -1.10. The van der Waals surface area contributed by atoms with Crippen LogP contribution in [0.15, 0.2) is 6.20 Å². The average molecular weight is 171 g/mol. The Kier molecular flexibility index (Phi) is 2.43. The van der Waals surface area contributed by atoms with E-state index in [0.717, 1.165) is 5.69 Å². The SMILES string of the molecule is CNc1cnc(OC)[nH]c1=S. The quantitative estimate of drug-likeness (QED) is 0.656. The largest absolute Gasteiger partial charge is 0.468 e. The number of H-pyrrole nitrogens is 1. The fraction of sp³-hybridized carbons (Fsp3) is 0.333. The minimum atomic E-state index is 0.425. The van der Waals surface area contributed by atoms with Gasteiger partial charge >= 0.3 is 0 Å². The van der Waals surface area contributed by atoms with E-state index in [1.807, 2.05) is 0 Å². The molecular formula is C6H9N3OS. The number of ether oxygens (including phenoxy) is 1. The molecule has 0 saturated heterocycles. The van der Waals surface area contributed by atoms with Crippen molar-refractivity contribution in [1.29, 1.82) is 0 Å².